The van der Waals surface area contributed by atoms with Crippen LogP contribution in [0.25, 0.3) is 0 Å². The molecule has 0 aliphatic rings. The molecule has 0 spiro atoms. The van der Waals surface area contributed by atoms with E-state index in [2.05, 4.69) is 10.6 Å². The van der Waals surface area contributed by atoms with Crippen LogP contribution in [0.4, 0.5) is 16.2 Å². The molecule has 0 saturated carbocycles. The zero-order chi connectivity index (χ0) is 27.2. The van der Waals surface area contributed by atoms with Crippen LogP contribution in [-0.2, 0) is 19.4 Å². The molecule has 0 radical (unpaired) electrons. The number of carbonyl (C=O) groups is 3. The van der Waals surface area contributed by atoms with Gasteiger partial charge in [-0.15, -0.1) is 0 Å². The third kappa shape index (κ3) is 7.36. The lowest BCUT2D eigenvalue weighted by molar-refractivity contribution is -0.136. The maximum Gasteiger partial charge on any atom is 0.411 e. The van der Waals surface area contributed by atoms with Gasteiger partial charge in [0, 0.05) is 22.7 Å². The average molecular weight is 586 g/mol. The summed E-state index contributed by atoms with van der Waals surface area (Å²) in [5.74, 6) is -2.12. The fraction of sp³-hybridized carbons (Fsp3) is 0.125. The first kappa shape index (κ1) is 28.3. The van der Waals surface area contributed by atoms with Crippen molar-refractivity contribution in [1.82, 2.24) is 0 Å². The van der Waals surface area contributed by atoms with E-state index < -0.39 is 46.1 Å². The number of nitrogens with one attached hydrogen (secondary N) is 2. The van der Waals surface area contributed by atoms with E-state index in [9.17, 15) is 27.9 Å². The third-order valence-corrected chi connectivity index (χ3v) is 8.00. The Bertz CT molecular complexity index is 1390. The van der Waals surface area contributed by atoms with Crippen molar-refractivity contribution in [3.05, 3.63) is 87.4 Å². The van der Waals surface area contributed by atoms with Crippen molar-refractivity contribution in [3.8, 4) is 0 Å². The molecule has 9 nitrogen and oxygen atoms in total. The number of amides is 2. The highest BCUT2D eigenvalue weighted by Crippen LogP contribution is 2.30. The van der Waals surface area contributed by atoms with Crippen LogP contribution in [0.1, 0.15) is 16.8 Å². The van der Waals surface area contributed by atoms with Gasteiger partial charge in [-0.3, -0.25) is 14.9 Å². The molecule has 0 aliphatic carbocycles. The van der Waals surface area contributed by atoms with Crippen LogP contribution in [0.5, 0.6) is 0 Å². The zero-order valence-electron chi connectivity index (χ0n) is 18.8. The molecule has 194 valence electrons. The minimum Gasteiger partial charge on any atom is -0.480 e. The highest BCUT2D eigenvalue weighted by atomic mass is 35.5. The summed E-state index contributed by atoms with van der Waals surface area (Å²) in [6.45, 7) is -0.522. The SMILES string of the molecule is O=C(Nc1c(Cl)cccc1Cl)OCCC(C(=O)O)S(=O)(=O)c1ccc(C(=O)Nc2ccc(Cl)cc2)cc1. The molecule has 2 amide bonds. The summed E-state index contributed by atoms with van der Waals surface area (Å²) < 4.78 is 30.8. The Hall–Kier alpha value is -3.31. The Morgan fingerprint density at radius 3 is 2.03 bits per heavy atom. The summed E-state index contributed by atoms with van der Waals surface area (Å²) in [5.41, 5.74) is 0.732. The number of hydrogen-bond donors (Lipinski definition) is 3. The second-order valence-electron chi connectivity index (χ2n) is 7.50. The number of ether oxygens (including phenoxy) is 1. The first-order chi connectivity index (χ1) is 17.5. The van der Waals surface area contributed by atoms with E-state index in [4.69, 9.17) is 39.5 Å². The van der Waals surface area contributed by atoms with Gasteiger partial charge in [0.15, 0.2) is 15.1 Å². The monoisotopic (exact) mass is 584 g/mol. The second-order valence-corrected chi connectivity index (χ2v) is 10.9. The molecule has 1 unspecified atom stereocenters. The van der Waals surface area contributed by atoms with Gasteiger partial charge in [-0.2, -0.15) is 0 Å². The highest BCUT2D eigenvalue weighted by Gasteiger charge is 2.34. The number of anilines is 2. The van der Waals surface area contributed by atoms with E-state index in [1.54, 1.807) is 30.3 Å². The fourth-order valence-electron chi connectivity index (χ4n) is 3.12. The lowest BCUT2D eigenvalue weighted by Gasteiger charge is -2.15. The van der Waals surface area contributed by atoms with E-state index in [-0.39, 0.29) is 26.2 Å². The minimum absolute atomic E-state index is 0.0958. The number of aliphatic carboxylic acids is 1. The molecule has 0 saturated heterocycles. The molecule has 0 bridgehead atoms. The van der Waals surface area contributed by atoms with E-state index >= 15 is 0 Å². The number of carboxylic acid groups (broad SMARTS) is 1. The first-order valence-electron chi connectivity index (χ1n) is 10.5. The molecule has 1 atom stereocenters. The lowest BCUT2D eigenvalue weighted by atomic mass is 10.2. The first-order valence-corrected chi connectivity index (χ1v) is 13.2. The smallest absolute Gasteiger partial charge is 0.411 e. The number of para-hydroxylation sites is 1. The number of halogens is 3. The summed E-state index contributed by atoms with van der Waals surface area (Å²) in [7, 11) is -4.38. The number of sulfone groups is 1. The lowest BCUT2D eigenvalue weighted by Crippen LogP contribution is -2.32. The van der Waals surface area contributed by atoms with Crippen LogP contribution in [0.15, 0.2) is 71.6 Å². The van der Waals surface area contributed by atoms with Crippen molar-refractivity contribution in [1.29, 1.82) is 0 Å². The van der Waals surface area contributed by atoms with E-state index in [1.165, 1.54) is 24.3 Å². The van der Waals surface area contributed by atoms with Crippen molar-refractivity contribution >= 4 is 74.0 Å². The number of benzene rings is 3. The summed E-state index contributed by atoms with van der Waals surface area (Å²) in [5, 5.41) is 13.4. The van der Waals surface area contributed by atoms with Crippen molar-refractivity contribution in [3.63, 3.8) is 0 Å². The molecule has 13 heteroatoms. The molecular weight excluding hydrogens is 567 g/mol. The van der Waals surface area contributed by atoms with Crippen molar-refractivity contribution < 1.29 is 32.6 Å². The van der Waals surface area contributed by atoms with Crippen molar-refractivity contribution in [2.75, 3.05) is 17.2 Å². The normalized spacial score (nSPS) is 11.9. The van der Waals surface area contributed by atoms with Crippen molar-refractivity contribution in [2.24, 2.45) is 0 Å². The van der Waals surface area contributed by atoms with Gasteiger partial charge >= 0.3 is 12.1 Å². The third-order valence-electron chi connectivity index (χ3n) is 5.00. The second kappa shape index (κ2) is 12.3. The Morgan fingerprint density at radius 2 is 1.46 bits per heavy atom. The molecule has 0 heterocycles. The predicted octanol–water partition coefficient (Wildman–Crippen LogP) is 5.76. The Labute approximate surface area is 227 Å². The molecule has 3 rings (SSSR count). The molecule has 3 N–H and O–H groups in total. The van der Waals surface area contributed by atoms with Gasteiger partial charge in [0.2, 0.25) is 0 Å². The molecule has 3 aromatic carbocycles. The maximum absolute atomic E-state index is 12.9. The van der Waals surface area contributed by atoms with Crippen LogP contribution in [0.2, 0.25) is 15.1 Å². The number of carbonyl (C=O) groups excluding carboxylic acids is 2. The Balaban J connectivity index is 1.64. The van der Waals surface area contributed by atoms with E-state index in [0.717, 1.165) is 12.1 Å². The van der Waals surface area contributed by atoms with Gasteiger partial charge < -0.3 is 15.2 Å². The summed E-state index contributed by atoms with van der Waals surface area (Å²) >= 11 is 17.7. The van der Waals surface area contributed by atoms with Gasteiger partial charge in [0.05, 0.1) is 27.2 Å². The molecule has 0 aromatic heterocycles. The van der Waals surface area contributed by atoms with E-state index in [0.29, 0.717) is 10.7 Å². The molecule has 37 heavy (non-hydrogen) atoms. The van der Waals surface area contributed by atoms with Crippen molar-refractivity contribution in [2.45, 2.75) is 16.6 Å². The number of carboxylic acids is 1. The van der Waals surface area contributed by atoms with Gasteiger partial charge in [0.1, 0.15) is 0 Å². The minimum atomic E-state index is -4.38. The Morgan fingerprint density at radius 1 is 0.865 bits per heavy atom. The topological polar surface area (TPSA) is 139 Å². The van der Waals surface area contributed by atoms with Crippen LogP contribution in [-0.4, -0.2) is 43.4 Å². The largest absolute Gasteiger partial charge is 0.480 e. The average Bonchev–Trinajstić information content (AvgIpc) is 2.85. The summed E-state index contributed by atoms with van der Waals surface area (Å²) in [4.78, 5) is 35.9. The van der Waals surface area contributed by atoms with Gasteiger partial charge in [-0.05, 0) is 60.7 Å². The Kier molecular flexibility index (Phi) is 9.39. The quantitative estimate of drug-likeness (QED) is 0.290. The van der Waals surface area contributed by atoms with Gasteiger partial charge in [-0.1, -0.05) is 40.9 Å². The van der Waals surface area contributed by atoms with Crippen LogP contribution < -0.4 is 10.6 Å². The highest BCUT2D eigenvalue weighted by molar-refractivity contribution is 7.92. The van der Waals surface area contributed by atoms with Gasteiger partial charge in [0.25, 0.3) is 5.91 Å². The van der Waals surface area contributed by atoms with Gasteiger partial charge in [-0.25, -0.2) is 13.2 Å². The van der Waals surface area contributed by atoms with Crippen LogP contribution in [0, 0.1) is 0 Å². The molecular formula is C24H19Cl3N2O7S. The van der Waals surface area contributed by atoms with Crippen LogP contribution >= 0.6 is 34.8 Å². The zero-order valence-corrected chi connectivity index (χ0v) is 21.9. The maximum atomic E-state index is 12.9. The molecule has 0 fully saturated rings. The molecule has 3 aromatic rings. The predicted molar refractivity (Wildman–Crippen MR) is 141 cm³/mol. The van der Waals surface area contributed by atoms with E-state index in [1.807, 2.05) is 0 Å². The fourth-order valence-corrected chi connectivity index (χ4v) is 5.26. The summed E-state index contributed by atoms with van der Waals surface area (Å²) in [6, 6.07) is 15.7. The standard InChI is InChI=1S/C24H19Cl3N2O7S/c25-15-6-8-16(9-7-15)28-22(30)14-4-10-17(11-5-14)37(34,35)20(23(31)32)12-13-36-24(33)29-21-18(26)2-1-3-19(21)27/h1-11,20H,12-13H2,(H,28,30)(H,29,33)(H,31,32). The number of hydrogen-bond acceptors (Lipinski definition) is 6. The van der Waals surface area contributed by atoms with Crippen LogP contribution in [0.3, 0.4) is 0 Å². The number of rotatable bonds is 9. The molecule has 0 aliphatic heterocycles. The summed E-state index contributed by atoms with van der Waals surface area (Å²) in [6.07, 6.45) is -1.52.